The number of hydrogen-bond donors (Lipinski definition) is 0. The molecule has 6 nitrogen and oxygen atoms in total. The van der Waals surface area contributed by atoms with Gasteiger partial charge in [0.1, 0.15) is 5.52 Å². The molecule has 28 heavy (non-hydrogen) atoms. The monoisotopic (exact) mass is 375 g/mol. The van der Waals surface area contributed by atoms with Gasteiger partial charge in [-0.15, -0.1) is 5.73 Å². The number of benzene rings is 1. The van der Waals surface area contributed by atoms with Crippen molar-refractivity contribution in [3.05, 3.63) is 60.5 Å². The summed E-state index contributed by atoms with van der Waals surface area (Å²) in [6.07, 6.45) is 3.63. The predicted molar refractivity (Wildman–Crippen MR) is 109 cm³/mol. The van der Waals surface area contributed by atoms with Gasteiger partial charge in [0.2, 0.25) is 0 Å². The summed E-state index contributed by atoms with van der Waals surface area (Å²) in [5, 5.41) is 1.01. The Morgan fingerprint density at radius 1 is 1.21 bits per heavy atom. The van der Waals surface area contributed by atoms with E-state index >= 15 is 0 Å². The topological polar surface area (TPSA) is 56.7 Å². The summed E-state index contributed by atoms with van der Waals surface area (Å²) in [5.41, 5.74) is 6.41. The van der Waals surface area contributed by atoms with Crippen molar-refractivity contribution < 1.29 is 14.5 Å². The van der Waals surface area contributed by atoms with Crippen molar-refractivity contribution >= 4 is 22.8 Å². The molecule has 0 amide bonds. The number of anilines is 1. The Morgan fingerprint density at radius 2 is 2.07 bits per heavy atom. The molecule has 3 heterocycles. The van der Waals surface area contributed by atoms with Crippen LogP contribution >= 0.6 is 0 Å². The molecule has 1 fully saturated rings. The lowest BCUT2D eigenvalue weighted by molar-refractivity contribution is -0.178. The lowest BCUT2D eigenvalue weighted by Gasteiger charge is -2.28. The zero-order valence-corrected chi connectivity index (χ0v) is 15.7. The summed E-state index contributed by atoms with van der Waals surface area (Å²) in [4.78, 5) is 21.8. The van der Waals surface area contributed by atoms with E-state index in [1.807, 2.05) is 42.6 Å². The van der Waals surface area contributed by atoms with Crippen molar-refractivity contribution in [2.45, 2.75) is 0 Å². The van der Waals surface area contributed by atoms with E-state index in [4.69, 9.17) is 19.5 Å². The summed E-state index contributed by atoms with van der Waals surface area (Å²) in [7, 11) is 1.48. The van der Waals surface area contributed by atoms with Crippen LogP contribution in [-0.2, 0) is 9.62 Å². The molecule has 1 aromatic carbocycles. The normalized spacial score (nSPS) is 14.0. The summed E-state index contributed by atoms with van der Waals surface area (Å²) in [6.45, 7) is 6.59. The van der Waals surface area contributed by atoms with E-state index in [0.717, 1.165) is 46.6 Å². The molecule has 6 heteroatoms. The van der Waals surface area contributed by atoms with E-state index in [0.29, 0.717) is 19.0 Å². The highest BCUT2D eigenvalue weighted by Crippen LogP contribution is 2.31. The van der Waals surface area contributed by atoms with Gasteiger partial charge in [-0.2, -0.15) is 4.89 Å². The zero-order chi connectivity index (χ0) is 19.3. The average molecular weight is 375 g/mol. The smallest absolute Gasteiger partial charge is 0.166 e. The van der Waals surface area contributed by atoms with Crippen LogP contribution in [0.2, 0.25) is 0 Å². The first-order chi connectivity index (χ1) is 13.8. The molecule has 0 radical (unpaired) electrons. The van der Waals surface area contributed by atoms with Crippen LogP contribution in [0.3, 0.4) is 0 Å². The Kier molecular flexibility index (Phi) is 5.35. The van der Waals surface area contributed by atoms with Gasteiger partial charge < -0.3 is 14.5 Å². The molecule has 3 aromatic rings. The number of morpholine rings is 1. The molecule has 1 aliphatic rings. The minimum atomic E-state index is 0.622. The fourth-order valence-corrected chi connectivity index (χ4v) is 3.29. The lowest BCUT2D eigenvalue weighted by Crippen LogP contribution is -2.37. The Balaban J connectivity index is 1.88. The molecule has 0 atom stereocenters. The number of nitrogens with zero attached hydrogens (tertiary/aromatic N) is 3. The van der Waals surface area contributed by atoms with Gasteiger partial charge in [-0.05, 0) is 30.3 Å². The largest absolute Gasteiger partial charge is 0.378 e. The Hall–Kier alpha value is -3.18. The van der Waals surface area contributed by atoms with Gasteiger partial charge in [0.05, 0.1) is 26.0 Å². The second-order valence-electron chi connectivity index (χ2n) is 6.40. The number of fused-ring (bicyclic) bond motifs is 1. The van der Waals surface area contributed by atoms with Crippen molar-refractivity contribution in [2.24, 2.45) is 0 Å². The van der Waals surface area contributed by atoms with Crippen molar-refractivity contribution in [3.8, 4) is 17.0 Å². The molecule has 0 unspecified atom stereocenters. The first kappa shape index (κ1) is 18.2. The summed E-state index contributed by atoms with van der Waals surface area (Å²) >= 11 is 0. The molecule has 1 aliphatic heterocycles. The van der Waals surface area contributed by atoms with Crippen LogP contribution in [-0.4, -0.2) is 43.4 Å². The standard InChI is InChI=1S/C22H21N3O3/c1-3-5-16-12-18-14-20(17-6-4-7-19(13-17)28-26-2)24-22(21(18)23-15-16)25-8-10-27-11-9-25/h4-7,12-15H,1,8-11H2,2H3. The van der Waals surface area contributed by atoms with Crippen LogP contribution in [0.15, 0.2) is 54.9 Å². The number of aromatic nitrogens is 2. The van der Waals surface area contributed by atoms with Gasteiger partial charge in [-0.3, -0.25) is 4.98 Å². The van der Waals surface area contributed by atoms with Crippen LogP contribution in [0.25, 0.3) is 28.2 Å². The highest BCUT2D eigenvalue weighted by Gasteiger charge is 2.18. The molecule has 4 rings (SSSR count). The van der Waals surface area contributed by atoms with E-state index in [1.54, 1.807) is 0 Å². The predicted octanol–water partition coefficient (Wildman–Crippen LogP) is 3.87. The average Bonchev–Trinajstić information content (AvgIpc) is 2.74. The molecule has 0 N–H and O–H groups in total. The molecule has 0 spiro atoms. The molecule has 142 valence electrons. The lowest BCUT2D eigenvalue weighted by atomic mass is 10.1. The molecule has 2 aromatic heterocycles. The Bertz CT molecular complexity index is 1040. The number of rotatable bonds is 5. The van der Waals surface area contributed by atoms with Crippen LogP contribution in [0, 0.1) is 0 Å². The van der Waals surface area contributed by atoms with Gasteiger partial charge in [-0.25, -0.2) is 4.98 Å². The van der Waals surface area contributed by atoms with Gasteiger partial charge >= 0.3 is 0 Å². The quantitative estimate of drug-likeness (QED) is 0.383. The van der Waals surface area contributed by atoms with Gasteiger partial charge in [0, 0.05) is 35.8 Å². The maximum absolute atomic E-state index is 5.50. The second-order valence-corrected chi connectivity index (χ2v) is 6.40. The van der Waals surface area contributed by atoms with Gasteiger partial charge in [0.25, 0.3) is 0 Å². The number of ether oxygens (including phenoxy) is 1. The highest BCUT2D eigenvalue weighted by atomic mass is 17.2. The van der Waals surface area contributed by atoms with Crippen LogP contribution in [0.1, 0.15) is 5.56 Å². The van der Waals surface area contributed by atoms with Crippen molar-refractivity contribution in [2.75, 3.05) is 38.3 Å². The maximum atomic E-state index is 5.50. The molecule has 1 saturated heterocycles. The van der Waals surface area contributed by atoms with E-state index < -0.39 is 0 Å². The second kappa shape index (κ2) is 8.23. The Morgan fingerprint density at radius 3 is 2.86 bits per heavy atom. The third-order valence-corrected chi connectivity index (χ3v) is 4.56. The summed E-state index contributed by atoms with van der Waals surface area (Å²) < 4.78 is 5.50. The third kappa shape index (κ3) is 3.75. The Labute approximate surface area is 163 Å². The van der Waals surface area contributed by atoms with Gasteiger partial charge in [-0.1, -0.05) is 18.7 Å². The first-order valence-corrected chi connectivity index (χ1v) is 9.09. The molecule has 0 aliphatic carbocycles. The SMILES string of the molecule is C=C=Cc1cnc2c(N3CCOCC3)nc(-c3cccc(OOC)c3)cc2c1. The third-order valence-electron chi connectivity index (χ3n) is 4.56. The van der Waals surface area contributed by atoms with E-state index in [-0.39, 0.29) is 0 Å². The fourth-order valence-electron chi connectivity index (χ4n) is 3.29. The van der Waals surface area contributed by atoms with Crippen LogP contribution in [0.5, 0.6) is 5.75 Å². The maximum Gasteiger partial charge on any atom is 0.166 e. The van der Waals surface area contributed by atoms with Crippen molar-refractivity contribution in [1.29, 1.82) is 0 Å². The number of hydrogen-bond acceptors (Lipinski definition) is 6. The molecule has 0 bridgehead atoms. The highest BCUT2D eigenvalue weighted by molar-refractivity contribution is 5.93. The van der Waals surface area contributed by atoms with Crippen LogP contribution < -0.4 is 9.79 Å². The zero-order valence-electron chi connectivity index (χ0n) is 15.7. The van der Waals surface area contributed by atoms with E-state index in [9.17, 15) is 0 Å². The molecule has 0 saturated carbocycles. The minimum Gasteiger partial charge on any atom is -0.378 e. The van der Waals surface area contributed by atoms with E-state index in [2.05, 4.69) is 28.3 Å². The molecular formula is C22H21N3O3. The van der Waals surface area contributed by atoms with Crippen LogP contribution in [0.4, 0.5) is 5.82 Å². The fraction of sp³-hybridized carbons (Fsp3) is 0.227. The summed E-state index contributed by atoms with van der Waals surface area (Å²) in [6, 6.07) is 11.8. The van der Waals surface area contributed by atoms with Gasteiger partial charge in [0.15, 0.2) is 11.6 Å². The summed E-state index contributed by atoms with van der Waals surface area (Å²) in [5.74, 6) is 1.49. The van der Waals surface area contributed by atoms with Crippen molar-refractivity contribution in [1.82, 2.24) is 9.97 Å². The first-order valence-electron chi connectivity index (χ1n) is 9.09. The minimum absolute atomic E-state index is 0.622. The number of pyridine rings is 2. The van der Waals surface area contributed by atoms with Crippen molar-refractivity contribution in [3.63, 3.8) is 0 Å². The van der Waals surface area contributed by atoms with E-state index in [1.165, 1.54) is 7.11 Å². The molecular weight excluding hydrogens is 354 g/mol.